The molecule has 0 amide bonds. The van der Waals surface area contributed by atoms with Gasteiger partial charge >= 0.3 is 15.6 Å². The molecule has 1 atom stereocenters. The Morgan fingerprint density at radius 3 is 2.35 bits per heavy atom. The van der Waals surface area contributed by atoms with Crippen molar-refractivity contribution in [1.29, 1.82) is 0 Å². The molecule has 0 saturated carbocycles. The van der Waals surface area contributed by atoms with Crippen molar-refractivity contribution in [3.8, 4) is 0 Å². The van der Waals surface area contributed by atoms with E-state index in [-0.39, 0.29) is 6.61 Å². The fourth-order valence-electron chi connectivity index (χ4n) is 1.95. The number of nitrogens with one attached hydrogen (secondary N) is 1. The van der Waals surface area contributed by atoms with Crippen LogP contribution in [0.3, 0.4) is 0 Å². The van der Waals surface area contributed by atoms with Crippen LogP contribution >= 0.6 is 15.6 Å². The summed E-state index contributed by atoms with van der Waals surface area (Å²) in [5, 5.41) is 3.31. The van der Waals surface area contributed by atoms with Gasteiger partial charge < -0.3 is 20.0 Å². The fraction of sp³-hybridized carbons (Fsp3) is 0.375. The average Bonchev–Trinajstić information content (AvgIpc) is 2.51. The summed E-state index contributed by atoms with van der Waals surface area (Å²) in [4.78, 5) is 26.1. The molecule has 1 rings (SSSR count). The van der Waals surface area contributed by atoms with Gasteiger partial charge in [0.15, 0.2) is 0 Å². The summed E-state index contributed by atoms with van der Waals surface area (Å²) >= 11 is 0. The molecule has 0 aliphatic heterocycles. The maximum atomic E-state index is 11.3. The Labute approximate surface area is 153 Å². The van der Waals surface area contributed by atoms with E-state index in [1.54, 1.807) is 6.08 Å². The molecule has 0 bridgehead atoms. The van der Waals surface area contributed by atoms with Crippen LogP contribution < -0.4 is 5.32 Å². The molecule has 0 spiro atoms. The van der Waals surface area contributed by atoms with E-state index >= 15 is 0 Å². The number of allylic oxidation sites excluding steroid dienone is 2. The van der Waals surface area contributed by atoms with Crippen molar-refractivity contribution in [3.05, 3.63) is 53.6 Å². The van der Waals surface area contributed by atoms with E-state index in [4.69, 9.17) is 14.7 Å². The van der Waals surface area contributed by atoms with Gasteiger partial charge in [0.05, 0.1) is 6.61 Å². The lowest BCUT2D eigenvalue weighted by Crippen LogP contribution is -2.02. The number of benzene rings is 1. The molecule has 1 aromatic carbocycles. The molecule has 10 heteroatoms. The third-order valence-electron chi connectivity index (χ3n) is 3.26. The molecule has 4 N–H and O–H groups in total. The highest BCUT2D eigenvalue weighted by Gasteiger charge is 2.31. The Bertz CT molecular complexity index is 713. The summed E-state index contributed by atoms with van der Waals surface area (Å²) < 4.78 is 30.0. The Kier molecular flexibility index (Phi) is 9.47. The molecular weight excluding hydrogens is 380 g/mol. The highest BCUT2D eigenvalue weighted by molar-refractivity contribution is 7.60. The first-order valence-corrected chi connectivity index (χ1v) is 10.9. The average molecular weight is 405 g/mol. The van der Waals surface area contributed by atoms with Crippen LogP contribution in [0.15, 0.2) is 53.6 Å². The van der Waals surface area contributed by atoms with Crippen molar-refractivity contribution in [2.45, 2.75) is 26.7 Å². The van der Waals surface area contributed by atoms with Gasteiger partial charge in [-0.2, -0.15) is 4.31 Å². The largest absolute Gasteiger partial charge is 0.481 e. The molecule has 0 aromatic heterocycles. The molecule has 0 fully saturated rings. The Morgan fingerprint density at radius 2 is 1.73 bits per heavy atom. The molecule has 0 saturated heterocycles. The number of hydrogen-bond donors (Lipinski definition) is 4. The van der Waals surface area contributed by atoms with E-state index in [1.165, 1.54) is 5.57 Å². The minimum absolute atomic E-state index is 0.280. The first kappa shape index (κ1) is 22.8. The second kappa shape index (κ2) is 10.8. The van der Waals surface area contributed by atoms with E-state index in [1.807, 2.05) is 44.2 Å². The van der Waals surface area contributed by atoms with Crippen LogP contribution in [0.2, 0.25) is 0 Å². The molecule has 0 heterocycles. The Balaban J connectivity index is 2.31. The SMILES string of the molecule is CC(=CCC/C(C)=C/COP(=O)(O)OP(=O)(O)O)CNc1ccccc1. The number of anilines is 1. The minimum atomic E-state index is -5.08. The van der Waals surface area contributed by atoms with Gasteiger partial charge in [-0.25, -0.2) is 9.13 Å². The molecule has 1 unspecified atom stereocenters. The van der Waals surface area contributed by atoms with Gasteiger partial charge in [-0.1, -0.05) is 41.5 Å². The second-order valence-corrected chi connectivity index (χ2v) is 8.53. The van der Waals surface area contributed by atoms with Crippen LogP contribution in [-0.2, 0) is 18.0 Å². The highest BCUT2D eigenvalue weighted by Crippen LogP contribution is 2.57. The predicted molar refractivity (Wildman–Crippen MR) is 101 cm³/mol. The highest BCUT2D eigenvalue weighted by atomic mass is 31.3. The topological polar surface area (TPSA) is 125 Å². The van der Waals surface area contributed by atoms with Gasteiger partial charge in [-0.3, -0.25) is 4.52 Å². The first-order valence-electron chi connectivity index (χ1n) is 7.92. The lowest BCUT2D eigenvalue weighted by atomic mass is 10.1. The molecule has 146 valence electrons. The number of hydrogen-bond acceptors (Lipinski definition) is 5. The third kappa shape index (κ3) is 11.4. The van der Waals surface area contributed by atoms with Crippen LogP contribution in [0, 0.1) is 0 Å². The quantitative estimate of drug-likeness (QED) is 0.322. The zero-order valence-corrected chi connectivity index (χ0v) is 16.5. The first-order chi connectivity index (χ1) is 12.1. The molecule has 0 radical (unpaired) electrons. The number of phosphoric ester groups is 1. The molecule has 0 aliphatic rings. The van der Waals surface area contributed by atoms with Gasteiger partial charge in [0, 0.05) is 12.2 Å². The van der Waals surface area contributed by atoms with E-state index < -0.39 is 15.6 Å². The van der Waals surface area contributed by atoms with Gasteiger partial charge in [-0.15, -0.1) is 0 Å². The summed E-state index contributed by atoms with van der Waals surface area (Å²) in [5.41, 5.74) is 3.16. The van der Waals surface area contributed by atoms with Crippen LogP contribution in [0.5, 0.6) is 0 Å². The maximum absolute atomic E-state index is 11.3. The second-order valence-electron chi connectivity index (χ2n) is 5.70. The van der Waals surface area contributed by atoms with Crippen molar-refractivity contribution in [3.63, 3.8) is 0 Å². The number of phosphoric acid groups is 2. The smallest absolute Gasteiger partial charge is 0.381 e. The van der Waals surface area contributed by atoms with Crippen LogP contribution in [0.1, 0.15) is 26.7 Å². The maximum Gasteiger partial charge on any atom is 0.481 e. The number of para-hydroxylation sites is 1. The standard InChI is InChI=1S/C16H25NO7P2/c1-14(11-12-23-26(21,22)24-25(18,19)20)7-6-8-15(2)13-17-16-9-4-3-5-10-16/h3-5,8-11,17H,6-7,12-13H2,1-2H3,(H,21,22)(H2,18,19,20)/b14-11+,15-8?. The molecule has 26 heavy (non-hydrogen) atoms. The lowest BCUT2D eigenvalue weighted by molar-refractivity contribution is 0.191. The van der Waals surface area contributed by atoms with Crippen LogP contribution in [-0.4, -0.2) is 27.8 Å². The van der Waals surface area contributed by atoms with E-state index in [0.717, 1.165) is 30.6 Å². The van der Waals surface area contributed by atoms with Gasteiger partial charge in [-0.05, 0) is 38.8 Å². The van der Waals surface area contributed by atoms with Gasteiger partial charge in [0.2, 0.25) is 0 Å². The summed E-state index contributed by atoms with van der Waals surface area (Å²) in [6.07, 6.45) is 5.18. The zero-order chi connectivity index (χ0) is 19.6. The van der Waals surface area contributed by atoms with E-state index in [0.29, 0.717) is 0 Å². The van der Waals surface area contributed by atoms with E-state index in [2.05, 4.69) is 20.2 Å². The van der Waals surface area contributed by atoms with Gasteiger partial charge in [0.1, 0.15) is 0 Å². The third-order valence-corrected chi connectivity index (χ3v) is 5.41. The monoisotopic (exact) mass is 405 g/mol. The van der Waals surface area contributed by atoms with Crippen molar-refractivity contribution in [2.75, 3.05) is 18.5 Å². The van der Waals surface area contributed by atoms with Crippen molar-refractivity contribution >= 4 is 21.3 Å². The van der Waals surface area contributed by atoms with Gasteiger partial charge in [0.25, 0.3) is 0 Å². The summed E-state index contributed by atoms with van der Waals surface area (Å²) in [6, 6.07) is 9.88. The minimum Gasteiger partial charge on any atom is -0.381 e. The normalized spacial score (nSPS) is 15.6. The van der Waals surface area contributed by atoms with E-state index in [9.17, 15) is 9.13 Å². The predicted octanol–water partition coefficient (Wildman–Crippen LogP) is 4.00. The summed E-state index contributed by atoms with van der Waals surface area (Å²) in [6.45, 7) is 4.32. The fourth-order valence-corrected chi connectivity index (χ4v) is 3.48. The summed E-state index contributed by atoms with van der Waals surface area (Å²) in [7, 11) is -9.86. The zero-order valence-electron chi connectivity index (χ0n) is 14.7. The molecule has 0 aliphatic carbocycles. The molecular formula is C16H25NO7P2. The summed E-state index contributed by atoms with van der Waals surface area (Å²) in [5.74, 6) is 0. The lowest BCUT2D eigenvalue weighted by Gasteiger charge is -2.11. The molecule has 1 aromatic rings. The van der Waals surface area contributed by atoms with Crippen molar-refractivity contribution in [1.82, 2.24) is 0 Å². The van der Waals surface area contributed by atoms with Crippen molar-refractivity contribution in [2.24, 2.45) is 0 Å². The van der Waals surface area contributed by atoms with Crippen molar-refractivity contribution < 1.29 is 32.6 Å². The van der Waals surface area contributed by atoms with Crippen LogP contribution in [0.25, 0.3) is 0 Å². The van der Waals surface area contributed by atoms with Crippen LogP contribution in [0.4, 0.5) is 5.69 Å². The molecule has 8 nitrogen and oxygen atoms in total. The number of rotatable bonds is 11. The Hall–Kier alpha value is -1.24. The Morgan fingerprint density at radius 1 is 1.08 bits per heavy atom.